The standard InChI is InChI=1S/C14H32O3Si.C13H27F/c1-5-9-10-11-12-13-14-18(15-6-2,16-7-3)17-8-4;1-2-3-4-5-6-7-8-9-10-11-12-13-14/h5-14H2,1-4H3;2-13H2,1H3. The summed E-state index contributed by atoms with van der Waals surface area (Å²) < 4.78 is 29.2. The first-order valence-corrected chi connectivity index (χ1v) is 16.1. The summed E-state index contributed by atoms with van der Waals surface area (Å²) in [4.78, 5) is 0. The van der Waals surface area contributed by atoms with E-state index in [1.54, 1.807) is 0 Å². The minimum Gasteiger partial charge on any atom is -0.374 e. The Morgan fingerprint density at radius 3 is 1.06 bits per heavy atom. The van der Waals surface area contributed by atoms with Crippen LogP contribution in [0.2, 0.25) is 6.04 Å². The van der Waals surface area contributed by atoms with E-state index in [1.807, 2.05) is 20.8 Å². The Morgan fingerprint density at radius 2 is 0.750 bits per heavy atom. The molecule has 0 aromatic carbocycles. The monoisotopic (exact) mass is 478 g/mol. The lowest BCUT2D eigenvalue weighted by molar-refractivity contribution is 0.0706. The molecule has 0 saturated carbocycles. The van der Waals surface area contributed by atoms with Crippen molar-refractivity contribution in [2.24, 2.45) is 0 Å². The average Bonchev–Trinajstić information content (AvgIpc) is 2.78. The Labute approximate surface area is 202 Å². The van der Waals surface area contributed by atoms with Gasteiger partial charge >= 0.3 is 8.80 Å². The van der Waals surface area contributed by atoms with Gasteiger partial charge in [-0.05, 0) is 33.6 Å². The fraction of sp³-hybridized carbons (Fsp3) is 1.00. The molecule has 0 N–H and O–H groups in total. The number of hydrogen-bond acceptors (Lipinski definition) is 3. The zero-order chi connectivity index (χ0) is 24.2. The molecular weight excluding hydrogens is 419 g/mol. The molecule has 3 nitrogen and oxygen atoms in total. The molecule has 0 heterocycles. The van der Waals surface area contributed by atoms with Crippen LogP contribution in [0.1, 0.15) is 144 Å². The molecule has 0 radical (unpaired) electrons. The molecule has 0 amide bonds. The average molecular weight is 479 g/mol. The molecule has 0 fully saturated rings. The molecule has 0 spiro atoms. The van der Waals surface area contributed by atoms with E-state index in [1.165, 1.54) is 89.9 Å². The first-order chi connectivity index (χ1) is 15.7. The quantitative estimate of drug-likeness (QED) is 0.102. The lowest BCUT2D eigenvalue weighted by Gasteiger charge is -2.28. The number of hydrogen-bond donors (Lipinski definition) is 0. The second-order valence-corrected chi connectivity index (χ2v) is 11.5. The highest BCUT2D eigenvalue weighted by molar-refractivity contribution is 6.60. The molecule has 0 aliphatic rings. The van der Waals surface area contributed by atoms with Gasteiger partial charge in [0.05, 0.1) is 6.67 Å². The maximum Gasteiger partial charge on any atom is 0.500 e. The van der Waals surface area contributed by atoms with E-state index >= 15 is 0 Å². The van der Waals surface area contributed by atoms with Gasteiger partial charge in [-0.15, -0.1) is 0 Å². The third kappa shape index (κ3) is 24.7. The van der Waals surface area contributed by atoms with Gasteiger partial charge in [-0.2, -0.15) is 0 Å². The largest absolute Gasteiger partial charge is 0.500 e. The van der Waals surface area contributed by atoms with Crippen LogP contribution in [0.15, 0.2) is 0 Å². The van der Waals surface area contributed by atoms with E-state index < -0.39 is 8.80 Å². The van der Waals surface area contributed by atoms with Crippen LogP contribution in [0.25, 0.3) is 0 Å². The summed E-state index contributed by atoms with van der Waals surface area (Å²) in [6.45, 7) is 12.5. The summed E-state index contributed by atoms with van der Waals surface area (Å²) in [5.74, 6) is 0. The molecule has 5 heteroatoms. The predicted molar refractivity (Wildman–Crippen MR) is 141 cm³/mol. The molecule has 0 bridgehead atoms. The van der Waals surface area contributed by atoms with Crippen LogP contribution in [0.3, 0.4) is 0 Å². The molecule has 0 aromatic heterocycles. The summed E-state index contributed by atoms with van der Waals surface area (Å²) >= 11 is 0. The van der Waals surface area contributed by atoms with Gasteiger partial charge in [0.2, 0.25) is 0 Å². The van der Waals surface area contributed by atoms with E-state index in [0.29, 0.717) is 19.8 Å². The molecule has 0 aliphatic carbocycles. The van der Waals surface area contributed by atoms with Gasteiger partial charge in [-0.25, -0.2) is 0 Å². The number of rotatable bonds is 24. The predicted octanol–water partition coefficient (Wildman–Crippen LogP) is 9.66. The normalized spacial score (nSPS) is 11.4. The van der Waals surface area contributed by atoms with Crippen molar-refractivity contribution in [1.82, 2.24) is 0 Å². The zero-order valence-electron chi connectivity index (χ0n) is 22.7. The first kappa shape index (κ1) is 34.2. The van der Waals surface area contributed by atoms with E-state index in [9.17, 15) is 4.39 Å². The third-order valence-electron chi connectivity index (χ3n) is 5.67. The Kier molecular flexibility index (Phi) is 31.1. The maximum atomic E-state index is 11.7. The Morgan fingerprint density at radius 1 is 0.438 bits per heavy atom. The van der Waals surface area contributed by atoms with Crippen LogP contribution in [0, 0.1) is 0 Å². The Bertz CT molecular complexity index is 303. The van der Waals surface area contributed by atoms with Crippen molar-refractivity contribution in [2.75, 3.05) is 26.5 Å². The van der Waals surface area contributed by atoms with E-state index in [0.717, 1.165) is 25.3 Å². The Hall–Kier alpha value is 0.0269. The summed E-state index contributed by atoms with van der Waals surface area (Å²) in [5.41, 5.74) is 0. The topological polar surface area (TPSA) is 27.7 Å². The van der Waals surface area contributed by atoms with Crippen molar-refractivity contribution in [3.8, 4) is 0 Å². The lowest BCUT2D eigenvalue weighted by atomic mass is 10.1. The van der Waals surface area contributed by atoms with Crippen molar-refractivity contribution in [3.05, 3.63) is 0 Å². The van der Waals surface area contributed by atoms with Gasteiger partial charge in [-0.1, -0.05) is 110 Å². The summed E-state index contributed by atoms with van der Waals surface area (Å²) in [6.07, 6.45) is 21.9. The van der Waals surface area contributed by atoms with Gasteiger partial charge in [0.1, 0.15) is 0 Å². The fourth-order valence-corrected chi connectivity index (χ4v) is 6.57. The Balaban J connectivity index is 0. The van der Waals surface area contributed by atoms with Crippen molar-refractivity contribution < 1.29 is 17.7 Å². The molecule has 0 unspecified atom stereocenters. The minimum atomic E-state index is -2.36. The lowest BCUT2D eigenvalue weighted by Crippen LogP contribution is -2.45. The van der Waals surface area contributed by atoms with Crippen molar-refractivity contribution in [3.63, 3.8) is 0 Å². The van der Waals surface area contributed by atoms with E-state index in [-0.39, 0.29) is 6.67 Å². The zero-order valence-corrected chi connectivity index (χ0v) is 23.7. The van der Waals surface area contributed by atoms with Gasteiger partial charge in [0.15, 0.2) is 0 Å². The first-order valence-electron chi connectivity index (χ1n) is 14.1. The fourth-order valence-electron chi connectivity index (χ4n) is 3.88. The van der Waals surface area contributed by atoms with E-state index in [2.05, 4.69) is 13.8 Å². The molecule has 0 rings (SSSR count). The van der Waals surface area contributed by atoms with E-state index in [4.69, 9.17) is 13.3 Å². The smallest absolute Gasteiger partial charge is 0.374 e. The highest BCUT2D eigenvalue weighted by Crippen LogP contribution is 2.20. The van der Waals surface area contributed by atoms with Crippen LogP contribution in [0.5, 0.6) is 0 Å². The van der Waals surface area contributed by atoms with Gasteiger partial charge in [0, 0.05) is 25.9 Å². The maximum absolute atomic E-state index is 11.7. The van der Waals surface area contributed by atoms with Crippen LogP contribution < -0.4 is 0 Å². The summed E-state index contributed by atoms with van der Waals surface area (Å²) in [6, 6.07) is 0.967. The van der Waals surface area contributed by atoms with Crippen LogP contribution in [-0.4, -0.2) is 35.3 Å². The minimum absolute atomic E-state index is 0.128. The van der Waals surface area contributed by atoms with Crippen molar-refractivity contribution in [2.45, 2.75) is 150 Å². The van der Waals surface area contributed by atoms with Crippen molar-refractivity contribution in [1.29, 1.82) is 0 Å². The molecule has 32 heavy (non-hydrogen) atoms. The van der Waals surface area contributed by atoms with Gasteiger partial charge in [-0.3, -0.25) is 4.39 Å². The van der Waals surface area contributed by atoms with Gasteiger partial charge < -0.3 is 13.3 Å². The third-order valence-corrected chi connectivity index (χ3v) is 8.82. The molecule has 0 saturated heterocycles. The second kappa shape index (κ2) is 29.1. The summed E-state index contributed by atoms with van der Waals surface area (Å²) in [7, 11) is -2.36. The molecule has 196 valence electrons. The molecule has 0 aliphatic heterocycles. The SMILES string of the molecule is CCCCCCCCCCCCCF.CCCCCCCC[Si](OCC)(OCC)OCC. The molecule has 0 atom stereocenters. The molecule has 0 aromatic rings. The van der Waals surface area contributed by atoms with Crippen LogP contribution in [-0.2, 0) is 13.3 Å². The highest BCUT2D eigenvalue weighted by atomic mass is 28.4. The van der Waals surface area contributed by atoms with Crippen LogP contribution >= 0.6 is 0 Å². The number of unbranched alkanes of at least 4 members (excludes halogenated alkanes) is 15. The van der Waals surface area contributed by atoms with Crippen LogP contribution in [0.4, 0.5) is 4.39 Å². The van der Waals surface area contributed by atoms with Gasteiger partial charge in [0.25, 0.3) is 0 Å². The highest BCUT2D eigenvalue weighted by Gasteiger charge is 2.39. The second-order valence-electron chi connectivity index (χ2n) is 8.72. The summed E-state index contributed by atoms with van der Waals surface area (Å²) in [5, 5.41) is 0. The van der Waals surface area contributed by atoms with Crippen molar-refractivity contribution >= 4 is 8.80 Å². The molecular formula is C27H59FO3Si. The number of alkyl halides is 1. The number of halogens is 1.